The van der Waals surface area contributed by atoms with Gasteiger partial charge in [-0.3, -0.25) is 14.4 Å². The molecule has 0 fully saturated rings. The van der Waals surface area contributed by atoms with Crippen molar-refractivity contribution in [1.29, 1.82) is 0 Å². The number of carbonyl (C=O) groups excluding carboxylic acids is 3. The van der Waals surface area contributed by atoms with Crippen LogP contribution in [0.25, 0.3) is 0 Å². The molecule has 0 N–H and O–H groups in total. The standard InChI is InChI=1S/C46H88O6/c1-6-8-9-24-33-38-46(49)52-43(40-51-45(48)37-32-28-23-19-18-20-25-29-34-41(3)4)39-50-44(47)36-31-27-22-17-15-13-11-10-12-14-16-21-26-30-35-42(5)7-2/h41-43H,6-40H2,1-5H3/t42?,43-/m0/s1. The van der Waals surface area contributed by atoms with E-state index >= 15 is 0 Å². The van der Waals surface area contributed by atoms with Crippen molar-refractivity contribution in [3.8, 4) is 0 Å². The molecule has 0 aliphatic heterocycles. The first-order valence-electron chi connectivity index (χ1n) is 22.8. The molecule has 52 heavy (non-hydrogen) atoms. The molecule has 1 unspecified atom stereocenters. The van der Waals surface area contributed by atoms with Crippen LogP contribution in [0.5, 0.6) is 0 Å². The summed E-state index contributed by atoms with van der Waals surface area (Å²) in [6, 6.07) is 0. The highest BCUT2D eigenvalue weighted by Crippen LogP contribution is 2.17. The molecule has 0 amide bonds. The Morgan fingerprint density at radius 3 is 1.10 bits per heavy atom. The number of esters is 3. The fourth-order valence-corrected chi connectivity index (χ4v) is 6.72. The smallest absolute Gasteiger partial charge is 0.306 e. The predicted octanol–water partition coefficient (Wildman–Crippen LogP) is 14.2. The van der Waals surface area contributed by atoms with E-state index in [0.29, 0.717) is 19.3 Å². The highest BCUT2D eigenvalue weighted by Gasteiger charge is 2.19. The van der Waals surface area contributed by atoms with Crippen molar-refractivity contribution < 1.29 is 28.6 Å². The molecule has 2 atom stereocenters. The Morgan fingerprint density at radius 2 is 0.731 bits per heavy atom. The molecule has 0 aromatic heterocycles. The monoisotopic (exact) mass is 737 g/mol. The van der Waals surface area contributed by atoms with Gasteiger partial charge in [-0.05, 0) is 31.1 Å². The number of carbonyl (C=O) groups is 3. The molecule has 6 heteroatoms. The highest BCUT2D eigenvalue weighted by atomic mass is 16.6. The van der Waals surface area contributed by atoms with Crippen LogP contribution in [0.1, 0.15) is 247 Å². The van der Waals surface area contributed by atoms with E-state index in [-0.39, 0.29) is 31.1 Å². The van der Waals surface area contributed by atoms with Crippen LogP contribution in [-0.4, -0.2) is 37.2 Å². The van der Waals surface area contributed by atoms with Crippen LogP contribution < -0.4 is 0 Å². The molecule has 0 bridgehead atoms. The van der Waals surface area contributed by atoms with E-state index in [4.69, 9.17) is 14.2 Å². The number of rotatable bonds is 40. The quantitative estimate of drug-likeness (QED) is 0.0354. The van der Waals surface area contributed by atoms with Crippen molar-refractivity contribution in [2.75, 3.05) is 13.2 Å². The maximum atomic E-state index is 12.5. The highest BCUT2D eigenvalue weighted by molar-refractivity contribution is 5.71. The lowest BCUT2D eigenvalue weighted by molar-refractivity contribution is -0.167. The van der Waals surface area contributed by atoms with E-state index in [9.17, 15) is 14.4 Å². The maximum absolute atomic E-state index is 12.5. The van der Waals surface area contributed by atoms with Crippen molar-refractivity contribution in [1.82, 2.24) is 0 Å². The molecule has 0 saturated heterocycles. The molecule has 0 aromatic rings. The van der Waals surface area contributed by atoms with Gasteiger partial charge >= 0.3 is 17.9 Å². The van der Waals surface area contributed by atoms with Gasteiger partial charge < -0.3 is 14.2 Å². The van der Waals surface area contributed by atoms with Gasteiger partial charge in [0.15, 0.2) is 6.10 Å². The SMILES string of the molecule is CCCCCCCC(=O)O[C@@H](COC(=O)CCCCCCCCCCCCCCCCC(C)CC)COC(=O)CCCCCCCCCCC(C)C. The van der Waals surface area contributed by atoms with Gasteiger partial charge in [0.05, 0.1) is 0 Å². The van der Waals surface area contributed by atoms with Crippen molar-refractivity contribution >= 4 is 17.9 Å². The summed E-state index contributed by atoms with van der Waals surface area (Å²) in [5, 5.41) is 0. The van der Waals surface area contributed by atoms with Gasteiger partial charge in [-0.2, -0.15) is 0 Å². The minimum absolute atomic E-state index is 0.0664. The van der Waals surface area contributed by atoms with Crippen molar-refractivity contribution in [2.24, 2.45) is 11.8 Å². The van der Waals surface area contributed by atoms with E-state index in [1.165, 1.54) is 128 Å². The zero-order valence-corrected chi connectivity index (χ0v) is 35.4. The third-order valence-electron chi connectivity index (χ3n) is 10.6. The molecule has 0 aliphatic carbocycles. The average Bonchev–Trinajstić information content (AvgIpc) is 3.12. The molecular formula is C46H88O6. The van der Waals surface area contributed by atoms with E-state index < -0.39 is 6.10 Å². The van der Waals surface area contributed by atoms with E-state index in [1.54, 1.807) is 0 Å². The van der Waals surface area contributed by atoms with E-state index in [1.807, 2.05) is 0 Å². The number of hydrogen-bond acceptors (Lipinski definition) is 6. The van der Waals surface area contributed by atoms with E-state index in [2.05, 4.69) is 34.6 Å². The van der Waals surface area contributed by atoms with Crippen molar-refractivity contribution in [3.05, 3.63) is 0 Å². The normalized spacial score (nSPS) is 12.6. The summed E-state index contributed by atoms with van der Waals surface area (Å²) in [6.45, 7) is 11.3. The van der Waals surface area contributed by atoms with E-state index in [0.717, 1.165) is 76.0 Å². The lowest BCUT2D eigenvalue weighted by Gasteiger charge is -2.18. The fraction of sp³-hybridized carbons (Fsp3) is 0.935. The van der Waals surface area contributed by atoms with Gasteiger partial charge in [0, 0.05) is 19.3 Å². The summed E-state index contributed by atoms with van der Waals surface area (Å²) in [5.74, 6) is 0.819. The van der Waals surface area contributed by atoms with Gasteiger partial charge in [-0.15, -0.1) is 0 Å². The molecule has 0 aromatic carbocycles. The van der Waals surface area contributed by atoms with Crippen LogP contribution in [0.15, 0.2) is 0 Å². The second-order valence-corrected chi connectivity index (χ2v) is 16.4. The largest absolute Gasteiger partial charge is 0.462 e. The fourth-order valence-electron chi connectivity index (χ4n) is 6.72. The molecule has 0 rings (SSSR count). The van der Waals surface area contributed by atoms with Crippen LogP contribution in [0, 0.1) is 11.8 Å². The Kier molecular flexibility index (Phi) is 37.9. The minimum Gasteiger partial charge on any atom is -0.462 e. The summed E-state index contributed by atoms with van der Waals surface area (Å²) < 4.78 is 16.6. The molecule has 308 valence electrons. The van der Waals surface area contributed by atoms with Gasteiger partial charge in [0.1, 0.15) is 13.2 Å². The molecule has 0 saturated carbocycles. The summed E-state index contributed by atoms with van der Waals surface area (Å²) in [6.07, 6.45) is 36.9. The maximum Gasteiger partial charge on any atom is 0.306 e. The first kappa shape index (κ1) is 50.4. The lowest BCUT2D eigenvalue weighted by Crippen LogP contribution is -2.30. The minimum atomic E-state index is -0.758. The van der Waals surface area contributed by atoms with Crippen LogP contribution in [0.4, 0.5) is 0 Å². The molecule has 0 spiro atoms. The Balaban J connectivity index is 4.10. The summed E-state index contributed by atoms with van der Waals surface area (Å²) in [4.78, 5) is 37.4. The first-order chi connectivity index (χ1) is 25.3. The van der Waals surface area contributed by atoms with Crippen LogP contribution in [0.3, 0.4) is 0 Å². The Bertz CT molecular complexity index is 796. The second-order valence-electron chi connectivity index (χ2n) is 16.4. The topological polar surface area (TPSA) is 78.9 Å². The van der Waals surface area contributed by atoms with Crippen LogP contribution in [-0.2, 0) is 28.6 Å². The molecule has 0 aliphatic rings. The Morgan fingerprint density at radius 1 is 0.404 bits per heavy atom. The Hall–Kier alpha value is -1.59. The summed E-state index contributed by atoms with van der Waals surface area (Å²) in [7, 11) is 0. The van der Waals surface area contributed by atoms with Crippen molar-refractivity contribution in [2.45, 2.75) is 253 Å². The first-order valence-corrected chi connectivity index (χ1v) is 22.8. The number of ether oxygens (including phenoxy) is 3. The zero-order chi connectivity index (χ0) is 38.3. The summed E-state index contributed by atoms with van der Waals surface area (Å²) in [5.41, 5.74) is 0. The Labute approximate surface area is 323 Å². The third kappa shape index (κ3) is 38.1. The lowest BCUT2D eigenvalue weighted by atomic mass is 9.99. The van der Waals surface area contributed by atoms with Gasteiger partial charge in [-0.1, -0.05) is 208 Å². The molecule has 0 radical (unpaired) electrons. The molecule has 6 nitrogen and oxygen atoms in total. The average molecular weight is 737 g/mol. The number of unbranched alkanes of at least 4 members (excludes halogenated alkanes) is 24. The van der Waals surface area contributed by atoms with Gasteiger partial charge in [0.25, 0.3) is 0 Å². The predicted molar refractivity (Wildman–Crippen MR) is 220 cm³/mol. The van der Waals surface area contributed by atoms with Crippen molar-refractivity contribution in [3.63, 3.8) is 0 Å². The molecular weight excluding hydrogens is 649 g/mol. The van der Waals surface area contributed by atoms with Gasteiger partial charge in [-0.25, -0.2) is 0 Å². The second kappa shape index (κ2) is 39.1. The zero-order valence-electron chi connectivity index (χ0n) is 35.4. The van der Waals surface area contributed by atoms with Crippen LogP contribution >= 0.6 is 0 Å². The number of hydrogen-bond donors (Lipinski definition) is 0. The summed E-state index contributed by atoms with van der Waals surface area (Å²) >= 11 is 0. The van der Waals surface area contributed by atoms with Gasteiger partial charge in [0.2, 0.25) is 0 Å². The molecule has 0 heterocycles. The van der Waals surface area contributed by atoms with Crippen LogP contribution in [0.2, 0.25) is 0 Å². The third-order valence-corrected chi connectivity index (χ3v) is 10.6.